The van der Waals surface area contributed by atoms with Crippen molar-refractivity contribution in [2.45, 2.75) is 45.8 Å². The van der Waals surface area contributed by atoms with Crippen molar-refractivity contribution >= 4 is 5.91 Å². The second kappa shape index (κ2) is 7.01. The largest absolute Gasteiger partial charge is 0.435 e. The van der Waals surface area contributed by atoms with Crippen molar-refractivity contribution in [3.05, 3.63) is 35.3 Å². The smallest absolute Gasteiger partial charge is 0.387 e. The van der Waals surface area contributed by atoms with Gasteiger partial charge in [-0.3, -0.25) is 9.48 Å². The molecule has 0 aliphatic heterocycles. The van der Waals surface area contributed by atoms with Gasteiger partial charge in [0.1, 0.15) is 11.6 Å². The van der Waals surface area contributed by atoms with Crippen molar-refractivity contribution in [1.82, 2.24) is 9.78 Å². The van der Waals surface area contributed by atoms with Gasteiger partial charge in [0, 0.05) is 35.2 Å². The van der Waals surface area contributed by atoms with Crippen LogP contribution in [0.5, 0.6) is 5.75 Å². The first-order chi connectivity index (χ1) is 12.3. The Balaban J connectivity index is 2.10. The van der Waals surface area contributed by atoms with E-state index in [-0.39, 0.29) is 29.2 Å². The maximum Gasteiger partial charge on any atom is 0.387 e. The van der Waals surface area contributed by atoms with Gasteiger partial charge in [0.25, 0.3) is 0 Å². The highest BCUT2D eigenvalue weighted by Gasteiger charge is 2.31. The average Bonchev–Trinajstić information content (AvgIpc) is 2.95. The van der Waals surface area contributed by atoms with Gasteiger partial charge in [-0.15, -0.1) is 0 Å². The molecule has 1 aromatic heterocycles. The molecule has 140 valence electrons. The lowest BCUT2D eigenvalue weighted by atomic mass is 9.85. The van der Waals surface area contributed by atoms with Gasteiger partial charge < -0.3 is 10.5 Å². The Hall–Kier alpha value is -2.51. The fraction of sp³-hybridized carbons (Fsp3) is 0.444. The van der Waals surface area contributed by atoms with Gasteiger partial charge in [-0.25, -0.2) is 4.39 Å². The first-order valence-electron chi connectivity index (χ1n) is 8.42. The maximum atomic E-state index is 14.4. The molecule has 0 radical (unpaired) electrons. The number of carbonyl (C=O) groups excluding carboxylic acids is 1. The van der Waals surface area contributed by atoms with Gasteiger partial charge in [0.2, 0.25) is 5.91 Å². The second-order valence-electron chi connectivity index (χ2n) is 6.67. The van der Waals surface area contributed by atoms with E-state index >= 15 is 0 Å². The number of hydrogen-bond acceptors (Lipinski definition) is 3. The van der Waals surface area contributed by atoms with E-state index in [4.69, 9.17) is 5.73 Å². The molecule has 2 aromatic rings. The van der Waals surface area contributed by atoms with Gasteiger partial charge in [-0.05, 0) is 44.9 Å². The summed E-state index contributed by atoms with van der Waals surface area (Å²) >= 11 is 0. The monoisotopic (exact) mass is 367 g/mol. The first-order valence-corrected chi connectivity index (χ1v) is 8.42. The molecular formula is C18H20F3N3O2. The molecule has 2 N–H and O–H groups in total. The Morgan fingerprint density at radius 2 is 2.12 bits per heavy atom. The van der Waals surface area contributed by atoms with Crippen molar-refractivity contribution in [3.8, 4) is 17.0 Å². The zero-order valence-electron chi connectivity index (χ0n) is 14.5. The highest BCUT2D eigenvalue weighted by Crippen LogP contribution is 2.37. The van der Waals surface area contributed by atoms with E-state index in [0.717, 1.165) is 23.4 Å². The number of carbonyl (C=O) groups is 1. The number of rotatable bonds is 5. The molecule has 8 heteroatoms. The average molecular weight is 367 g/mol. The highest BCUT2D eigenvalue weighted by molar-refractivity contribution is 5.78. The molecule has 1 heterocycles. The van der Waals surface area contributed by atoms with Gasteiger partial charge in [0.05, 0.1) is 5.69 Å². The molecule has 1 atom stereocenters. The molecule has 0 bridgehead atoms. The summed E-state index contributed by atoms with van der Waals surface area (Å²) in [6.45, 7) is 0.863. The van der Waals surface area contributed by atoms with Gasteiger partial charge >= 0.3 is 6.61 Å². The quantitative estimate of drug-likeness (QED) is 0.880. The van der Waals surface area contributed by atoms with E-state index in [2.05, 4.69) is 9.84 Å². The molecule has 5 nitrogen and oxygen atoms in total. The molecule has 1 amide bonds. The van der Waals surface area contributed by atoms with Crippen LogP contribution in [0.1, 0.15) is 37.6 Å². The molecule has 0 fully saturated rings. The Kier molecular flexibility index (Phi) is 4.93. The zero-order chi connectivity index (χ0) is 19.0. The summed E-state index contributed by atoms with van der Waals surface area (Å²) in [6, 6.07) is 3.46. The van der Waals surface area contributed by atoms with E-state index < -0.39 is 12.4 Å². The number of ether oxygens (including phenoxy) is 1. The lowest BCUT2D eigenvalue weighted by Crippen LogP contribution is -2.29. The number of hydrogen-bond donors (Lipinski definition) is 1. The number of nitrogens with zero attached hydrogens (tertiary/aromatic N) is 2. The lowest BCUT2D eigenvalue weighted by Gasteiger charge is -2.22. The molecule has 1 unspecified atom stereocenters. The predicted molar refractivity (Wildman–Crippen MR) is 89.3 cm³/mol. The third-order valence-electron chi connectivity index (χ3n) is 4.61. The van der Waals surface area contributed by atoms with Crippen molar-refractivity contribution in [3.63, 3.8) is 0 Å². The molecule has 0 saturated carbocycles. The van der Waals surface area contributed by atoms with E-state index in [1.807, 2.05) is 13.8 Å². The lowest BCUT2D eigenvalue weighted by molar-refractivity contribution is -0.122. The molecule has 1 aliphatic carbocycles. The standard InChI is InChI=1S/C18H20F3N3O2/c1-9(2)24-15-7-10(17(22)25)3-5-12(15)16(23-24)13-8-11(26-18(20)21)4-6-14(13)19/h4,6,8-10,18H,3,5,7H2,1-2H3,(H2,22,25). The van der Waals surface area contributed by atoms with E-state index in [9.17, 15) is 18.0 Å². The van der Waals surface area contributed by atoms with Gasteiger partial charge in [0.15, 0.2) is 0 Å². The molecule has 0 saturated heterocycles. The van der Waals surface area contributed by atoms with E-state index in [1.165, 1.54) is 6.07 Å². The number of amides is 1. The zero-order valence-corrected chi connectivity index (χ0v) is 14.5. The number of halogens is 3. The Labute approximate surface area is 148 Å². The molecule has 26 heavy (non-hydrogen) atoms. The second-order valence-corrected chi connectivity index (χ2v) is 6.67. The summed E-state index contributed by atoms with van der Waals surface area (Å²) in [5, 5.41) is 4.52. The van der Waals surface area contributed by atoms with Crippen LogP contribution in [0.2, 0.25) is 0 Å². The van der Waals surface area contributed by atoms with Crippen molar-refractivity contribution in [1.29, 1.82) is 0 Å². The predicted octanol–water partition coefficient (Wildman–Crippen LogP) is 3.46. The van der Waals surface area contributed by atoms with Crippen molar-refractivity contribution in [2.75, 3.05) is 0 Å². The number of primary amides is 1. The number of alkyl halides is 2. The minimum Gasteiger partial charge on any atom is -0.435 e. The van der Waals surface area contributed by atoms with Crippen molar-refractivity contribution in [2.24, 2.45) is 11.7 Å². The third-order valence-corrected chi connectivity index (χ3v) is 4.61. The van der Waals surface area contributed by atoms with Crippen LogP contribution in [-0.4, -0.2) is 22.3 Å². The Morgan fingerprint density at radius 3 is 2.73 bits per heavy atom. The Bertz CT molecular complexity index is 833. The number of aromatic nitrogens is 2. The minimum absolute atomic E-state index is 0.00677. The summed E-state index contributed by atoms with van der Waals surface area (Å²) in [5.41, 5.74) is 7.61. The fourth-order valence-electron chi connectivity index (χ4n) is 3.39. The van der Waals surface area contributed by atoms with Gasteiger partial charge in [-0.1, -0.05) is 0 Å². The normalized spacial score (nSPS) is 16.8. The molecule has 1 aromatic carbocycles. The minimum atomic E-state index is -2.99. The molecule has 1 aliphatic rings. The van der Waals surface area contributed by atoms with Gasteiger partial charge in [-0.2, -0.15) is 13.9 Å². The number of fused-ring (bicyclic) bond motifs is 1. The van der Waals surface area contributed by atoms with E-state index in [0.29, 0.717) is 25.0 Å². The van der Waals surface area contributed by atoms with E-state index in [1.54, 1.807) is 4.68 Å². The van der Waals surface area contributed by atoms with Crippen LogP contribution >= 0.6 is 0 Å². The van der Waals surface area contributed by atoms with Crippen LogP contribution in [0.25, 0.3) is 11.3 Å². The maximum absolute atomic E-state index is 14.4. The molecule has 0 spiro atoms. The SMILES string of the molecule is CC(C)n1nc(-c2cc(OC(F)F)ccc2F)c2c1CC(C(N)=O)CC2. The van der Waals surface area contributed by atoms with Crippen LogP contribution in [0.15, 0.2) is 18.2 Å². The highest BCUT2D eigenvalue weighted by atomic mass is 19.3. The Morgan fingerprint density at radius 1 is 1.38 bits per heavy atom. The molecule has 3 rings (SSSR count). The fourth-order valence-corrected chi connectivity index (χ4v) is 3.39. The first kappa shape index (κ1) is 18.3. The van der Waals surface area contributed by atoms with Crippen LogP contribution in [-0.2, 0) is 17.6 Å². The van der Waals surface area contributed by atoms with Crippen LogP contribution in [0, 0.1) is 11.7 Å². The van der Waals surface area contributed by atoms with Crippen LogP contribution in [0.4, 0.5) is 13.2 Å². The third kappa shape index (κ3) is 3.40. The summed E-state index contributed by atoms with van der Waals surface area (Å²) in [5.74, 6) is -1.36. The topological polar surface area (TPSA) is 70.1 Å². The summed E-state index contributed by atoms with van der Waals surface area (Å²) in [4.78, 5) is 11.6. The van der Waals surface area contributed by atoms with Crippen LogP contribution < -0.4 is 10.5 Å². The number of nitrogens with two attached hydrogens (primary N) is 1. The molecular weight excluding hydrogens is 347 g/mol. The number of benzene rings is 1. The summed E-state index contributed by atoms with van der Waals surface area (Å²) in [6.07, 6.45) is 1.50. The summed E-state index contributed by atoms with van der Waals surface area (Å²) in [7, 11) is 0. The van der Waals surface area contributed by atoms with Crippen molar-refractivity contribution < 1.29 is 22.7 Å². The van der Waals surface area contributed by atoms with Crippen LogP contribution in [0.3, 0.4) is 0 Å². The summed E-state index contributed by atoms with van der Waals surface area (Å²) < 4.78 is 45.5.